The standard InChI is InChI=1S/C17H25N2O11P/c1-12(17(23)18-9-20)7-19(4)16-6-5-15(30-16)8-27-31(24,28-10-25-13(2)21)29-11-26-14(3)22/h5-7,9,15-16H,8,10-11H2,1-4H3,(H,18,20,23)/b12-7-/t15-,16?/m0/s1. The summed E-state index contributed by atoms with van der Waals surface area (Å²) in [4.78, 5) is 45.2. The topological polar surface area (TPSA) is 156 Å². The molecule has 0 aliphatic carbocycles. The quantitative estimate of drug-likeness (QED) is 0.101. The maximum atomic E-state index is 12.6. The van der Waals surface area contributed by atoms with E-state index in [1.165, 1.54) is 13.1 Å². The van der Waals surface area contributed by atoms with Crippen molar-refractivity contribution in [3.05, 3.63) is 23.9 Å². The van der Waals surface area contributed by atoms with Crippen molar-refractivity contribution in [2.24, 2.45) is 0 Å². The monoisotopic (exact) mass is 464 g/mol. The van der Waals surface area contributed by atoms with E-state index in [0.717, 1.165) is 13.8 Å². The van der Waals surface area contributed by atoms with Gasteiger partial charge in [0.05, 0.1) is 6.61 Å². The number of rotatable bonds is 13. The summed E-state index contributed by atoms with van der Waals surface area (Å²) in [5, 5.41) is 2.02. The number of hydrogen-bond donors (Lipinski definition) is 1. The highest BCUT2D eigenvalue weighted by Gasteiger charge is 2.31. The largest absolute Gasteiger partial charge is 0.480 e. The van der Waals surface area contributed by atoms with E-state index >= 15 is 0 Å². The molecule has 31 heavy (non-hydrogen) atoms. The molecule has 14 heteroatoms. The average Bonchev–Trinajstić information content (AvgIpc) is 3.15. The van der Waals surface area contributed by atoms with Crippen molar-refractivity contribution in [3.8, 4) is 0 Å². The summed E-state index contributed by atoms with van der Waals surface area (Å²) in [5.41, 5.74) is 0.272. The fourth-order valence-electron chi connectivity index (χ4n) is 2.04. The Bertz CT molecular complexity index is 743. The summed E-state index contributed by atoms with van der Waals surface area (Å²) < 4.78 is 42.3. The number of nitrogens with one attached hydrogen (secondary N) is 1. The zero-order valence-corrected chi connectivity index (χ0v) is 18.4. The van der Waals surface area contributed by atoms with Crippen molar-refractivity contribution in [2.75, 3.05) is 27.2 Å². The van der Waals surface area contributed by atoms with Gasteiger partial charge in [-0.15, -0.1) is 0 Å². The minimum absolute atomic E-state index is 0.271. The van der Waals surface area contributed by atoms with E-state index in [-0.39, 0.29) is 18.6 Å². The van der Waals surface area contributed by atoms with Gasteiger partial charge in [-0.25, -0.2) is 13.6 Å². The van der Waals surface area contributed by atoms with E-state index in [0.29, 0.717) is 0 Å². The maximum Gasteiger partial charge on any atom is 0.480 e. The molecule has 1 aliphatic heterocycles. The summed E-state index contributed by atoms with van der Waals surface area (Å²) in [6, 6.07) is 0. The maximum absolute atomic E-state index is 12.6. The predicted molar refractivity (Wildman–Crippen MR) is 103 cm³/mol. The van der Waals surface area contributed by atoms with E-state index in [4.69, 9.17) is 18.3 Å². The molecule has 0 spiro atoms. The summed E-state index contributed by atoms with van der Waals surface area (Å²) in [6.45, 7) is 2.10. The summed E-state index contributed by atoms with van der Waals surface area (Å²) >= 11 is 0. The normalized spacial score (nSPS) is 18.4. The first-order chi connectivity index (χ1) is 14.6. The molecule has 1 rings (SSSR count). The van der Waals surface area contributed by atoms with Crippen LogP contribution < -0.4 is 5.32 Å². The van der Waals surface area contributed by atoms with Gasteiger partial charge in [0.2, 0.25) is 20.0 Å². The Morgan fingerprint density at radius 2 is 1.65 bits per heavy atom. The van der Waals surface area contributed by atoms with Crippen LogP contribution in [0.2, 0.25) is 0 Å². The van der Waals surface area contributed by atoms with Gasteiger partial charge in [-0.1, -0.05) is 6.08 Å². The number of esters is 2. The molecule has 0 saturated carbocycles. The average molecular weight is 464 g/mol. The number of carbonyl (C=O) groups is 4. The lowest BCUT2D eigenvalue weighted by Crippen LogP contribution is -2.30. The minimum atomic E-state index is -4.25. The SMILES string of the molecule is CC(=O)OCOP(=O)(OCOC(C)=O)OC[C@@H]1C=CC(N(C)/C=C(/C)C(=O)NC=O)O1. The van der Waals surface area contributed by atoms with Gasteiger partial charge < -0.3 is 19.1 Å². The number of phosphoric ester groups is 1. The molecule has 0 aromatic heterocycles. The van der Waals surface area contributed by atoms with Gasteiger partial charge in [0.1, 0.15) is 12.3 Å². The number of carbonyl (C=O) groups excluding carboxylic acids is 4. The third-order valence-corrected chi connectivity index (χ3v) is 4.80. The molecule has 0 fully saturated rings. The second kappa shape index (κ2) is 13.0. The van der Waals surface area contributed by atoms with E-state index in [1.807, 2.05) is 5.32 Å². The van der Waals surface area contributed by atoms with Crippen LogP contribution in [0.4, 0.5) is 0 Å². The zero-order chi connectivity index (χ0) is 23.4. The van der Waals surface area contributed by atoms with Gasteiger partial charge in [-0.2, -0.15) is 0 Å². The molecule has 0 aromatic carbocycles. The molecular weight excluding hydrogens is 439 g/mol. The lowest BCUT2D eigenvalue weighted by molar-refractivity contribution is -0.151. The van der Waals surface area contributed by atoms with Gasteiger partial charge in [-0.05, 0) is 13.0 Å². The van der Waals surface area contributed by atoms with Gasteiger partial charge in [0.15, 0.2) is 0 Å². The van der Waals surface area contributed by atoms with E-state index in [9.17, 15) is 23.7 Å². The first-order valence-corrected chi connectivity index (χ1v) is 10.3. The molecule has 0 saturated heterocycles. The van der Waals surface area contributed by atoms with Crippen LogP contribution in [-0.2, 0) is 51.5 Å². The highest BCUT2D eigenvalue weighted by molar-refractivity contribution is 7.48. The Kier molecular flexibility index (Phi) is 11.1. The van der Waals surface area contributed by atoms with Crippen molar-refractivity contribution in [2.45, 2.75) is 33.1 Å². The van der Waals surface area contributed by atoms with Crippen LogP contribution in [0.5, 0.6) is 0 Å². The van der Waals surface area contributed by atoms with Crippen LogP contribution in [0.3, 0.4) is 0 Å². The third-order valence-electron chi connectivity index (χ3n) is 3.49. The Morgan fingerprint density at radius 1 is 1.06 bits per heavy atom. The number of amides is 2. The second-order valence-electron chi connectivity index (χ2n) is 6.03. The summed E-state index contributed by atoms with van der Waals surface area (Å²) in [5.74, 6) is -1.91. The van der Waals surface area contributed by atoms with Crippen molar-refractivity contribution in [3.63, 3.8) is 0 Å². The number of ether oxygens (including phenoxy) is 3. The number of nitrogens with zero attached hydrogens (tertiary/aromatic N) is 1. The Labute approximate surface area is 178 Å². The molecule has 2 atom stereocenters. The molecule has 0 aromatic rings. The van der Waals surface area contributed by atoms with Crippen molar-refractivity contribution < 1.29 is 51.5 Å². The van der Waals surface area contributed by atoms with Gasteiger partial charge in [-0.3, -0.25) is 29.0 Å². The molecule has 13 nitrogen and oxygen atoms in total. The highest BCUT2D eigenvalue weighted by atomic mass is 31.2. The minimum Gasteiger partial charge on any atom is -0.438 e. The number of hydrogen-bond acceptors (Lipinski definition) is 12. The van der Waals surface area contributed by atoms with Gasteiger partial charge >= 0.3 is 19.8 Å². The van der Waals surface area contributed by atoms with Gasteiger partial charge in [0, 0.05) is 32.7 Å². The third kappa shape index (κ3) is 10.3. The molecule has 0 bridgehead atoms. The zero-order valence-electron chi connectivity index (χ0n) is 17.5. The van der Waals surface area contributed by atoms with Gasteiger partial charge in [0.25, 0.3) is 5.91 Å². The Balaban J connectivity index is 2.61. The van der Waals surface area contributed by atoms with Crippen molar-refractivity contribution in [1.82, 2.24) is 10.2 Å². The molecule has 1 N–H and O–H groups in total. The number of phosphoric acid groups is 1. The van der Waals surface area contributed by atoms with Crippen LogP contribution in [-0.4, -0.2) is 68.7 Å². The Morgan fingerprint density at radius 3 is 2.16 bits per heavy atom. The first kappa shape index (κ1) is 26.5. The molecular formula is C17H25N2O11P. The van der Waals surface area contributed by atoms with Crippen molar-refractivity contribution >= 4 is 32.1 Å². The van der Waals surface area contributed by atoms with Crippen LogP contribution in [0.1, 0.15) is 20.8 Å². The first-order valence-electron chi connectivity index (χ1n) is 8.85. The van der Waals surface area contributed by atoms with Crippen LogP contribution >= 0.6 is 7.82 Å². The lowest BCUT2D eigenvalue weighted by atomic mass is 10.3. The highest BCUT2D eigenvalue weighted by Crippen LogP contribution is 2.49. The van der Waals surface area contributed by atoms with E-state index in [1.54, 1.807) is 24.1 Å². The van der Waals surface area contributed by atoms with Crippen molar-refractivity contribution in [1.29, 1.82) is 0 Å². The molecule has 1 unspecified atom stereocenters. The van der Waals surface area contributed by atoms with Crippen LogP contribution in [0.15, 0.2) is 23.9 Å². The molecule has 2 amide bonds. The fourth-order valence-corrected chi connectivity index (χ4v) is 2.96. The second-order valence-corrected chi connectivity index (χ2v) is 7.70. The number of imide groups is 1. The smallest absolute Gasteiger partial charge is 0.438 e. The molecule has 1 aliphatic rings. The lowest BCUT2D eigenvalue weighted by Gasteiger charge is -2.24. The summed E-state index contributed by atoms with van der Waals surface area (Å²) in [6.07, 6.45) is 3.82. The predicted octanol–water partition coefficient (Wildman–Crippen LogP) is 0.575. The van der Waals surface area contributed by atoms with E-state index in [2.05, 4.69) is 9.47 Å². The van der Waals surface area contributed by atoms with E-state index < -0.39 is 51.6 Å². The van der Waals surface area contributed by atoms with Crippen LogP contribution in [0, 0.1) is 0 Å². The molecule has 174 valence electrons. The Hall–Kier alpha value is -2.57. The molecule has 1 heterocycles. The fraction of sp³-hybridized carbons (Fsp3) is 0.529. The summed E-state index contributed by atoms with van der Waals surface area (Å²) in [7, 11) is -2.61. The molecule has 0 radical (unpaired) electrons. The van der Waals surface area contributed by atoms with Crippen LogP contribution in [0.25, 0.3) is 0 Å². The number of likely N-dealkylation sites (N-methyl/N-ethyl adjacent to an activating group) is 1.